The van der Waals surface area contributed by atoms with Crippen LogP contribution in [0.4, 0.5) is 0 Å². The van der Waals surface area contributed by atoms with E-state index in [0.717, 1.165) is 34.9 Å². The predicted molar refractivity (Wildman–Crippen MR) is 103 cm³/mol. The number of carbonyl (C=O) groups excluding carboxylic acids is 1. The molecule has 0 unspecified atom stereocenters. The summed E-state index contributed by atoms with van der Waals surface area (Å²) in [6.07, 6.45) is 3.58. The molecule has 7 nitrogen and oxygen atoms in total. The quantitative estimate of drug-likeness (QED) is 0.726. The van der Waals surface area contributed by atoms with Crippen LogP contribution in [-0.4, -0.2) is 32.6 Å². The van der Waals surface area contributed by atoms with Gasteiger partial charge in [0.05, 0.1) is 36.3 Å². The van der Waals surface area contributed by atoms with Gasteiger partial charge in [-0.2, -0.15) is 10.2 Å². The molecule has 2 aromatic heterocycles. The van der Waals surface area contributed by atoms with E-state index in [1.165, 1.54) is 0 Å². The van der Waals surface area contributed by atoms with Gasteiger partial charge in [-0.25, -0.2) is 4.68 Å². The van der Waals surface area contributed by atoms with E-state index < -0.39 is 0 Å². The zero-order valence-electron chi connectivity index (χ0n) is 16.4. The summed E-state index contributed by atoms with van der Waals surface area (Å²) < 4.78 is 8.82. The van der Waals surface area contributed by atoms with Gasteiger partial charge < -0.3 is 10.1 Å². The second kappa shape index (κ2) is 7.65. The minimum absolute atomic E-state index is 0.128. The number of nitrogens with zero attached hydrogens (tertiary/aromatic N) is 4. The van der Waals surface area contributed by atoms with Crippen LogP contribution in [0.5, 0.6) is 5.75 Å². The highest BCUT2D eigenvalue weighted by molar-refractivity contribution is 5.95. The SMILES string of the molecule is CCn1cc(C(=O)N[C@@H](C)c2cnn(-c3ccc(OC)cc3)c2C)c(C)n1. The molecule has 0 bridgehead atoms. The first-order chi connectivity index (χ1) is 12.9. The Bertz CT molecular complexity index is 940. The van der Waals surface area contributed by atoms with Crippen LogP contribution in [0.15, 0.2) is 36.7 Å². The Hall–Kier alpha value is -3.09. The van der Waals surface area contributed by atoms with Crippen molar-refractivity contribution in [2.24, 2.45) is 0 Å². The average Bonchev–Trinajstić information content (AvgIpc) is 3.24. The molecule has 0 aliphatic heterocycles. The number of rotatable bonds is 6. The van der Waals surface area contributed by atoms with Gasteiger partial charge in [-0.05, 0) is 52.0 Å². The van der Waals surface area contributed by atoms with Gasteiger partial charge in [0.15, 0.2) is 0 Å². The molecule has 2 heterocycles. The molecule has 0 spiro atoms. The number of hydrogen-bond donors (Lipinski definition) is 1. The molecule has 0 aliphatic rings. The summed E-state index contributed by atoms with van der Waals surface area (Å²) in [6, 6.07) is 7.53. The highest BCUT2D eigenvalue weighted by Gasteiger charge is 2.19. The lowest BCUT2D eigenvalue weighted by molar-refractivity contribution is 0.0939. The van der Waals surface area contributed by atoms with Crippen molar-refractivity contribution in [1.82, 2.24) is 24.9 Å². The monoisotopic (exact) mass is 367 g/mol. The van der Waals surface area contributed by atoms with Crippen molar-refractivity contribution in [2.75, 3.05) is 7.11 Å². The summed E-state index contributed by atoms with van der Waals surface area (Å²) in [5, 5.41) is 11.9. The van der Waals surface area contributed by atoms with Crippen molar-refractivity contribution in [2.45, 2.75) is 40.3 Å². The molecule has 3 aromatic rings. The van der Waals surface area contributed by atoms with Gasteiger partial charge in [0.1, 0.15) is 5.75 Å². The molecule has 0 fully saturated rings. The molecule has 0 radical (unpaired) electrons. The minimum Gasteiger partial charge on any atom is -0.497 e. The third-order valence-electron chi connectivity index (χ3n) is 4.69. The van der Waals surface area contributed by atoms with Gasteiger partial charge >= 0.3 is 0 Å². The fourth-order valence-electron chi connectivity index (χ4n) is 3.09. The summed E-state index contributed by atoms with van der Waals surface area (Å²) in [7, 11) is 1.64. The highest BCUT2D eigenvalue weighted by atomic mass is 16.5. The largest absolute Gasteiger partial charge is 0.497 e. The van der Waals surface area contributed by atoms with Gasteiger partial charge in [-0.15, -0.1) is 0 Å². The average molecular weight is 367 g/mol. The summed E-state index contributed by atoms with van der Waals surface area (Å²) in [6.45, 7) is 8.53. The standard InChI is InChI=1S/C20H25N5O2/c1-6-24-12-19(14(3)23-24)20(26)22-13(2)18-11-21-25(15(18)4)16-7-9-17(27-5)10-8-16/h7-13H,6H2,1-5H3,(H,22,26)/t13-/m0/s1. The number of methoxy groups -OCH3 is 1. The number of aryl methyl sites for hydroxylation is 2. The van der Waals surface area contributed by atoms with E-state index in [2.05, 4.69) is 15.5 Å². The molecule has 3 rings (SSSR count). The number of nitrogens with one attached hydrogen (secondary N) is 1. The highest BCUT2D eigenvalue weighted by Crippen LogP contribution is 2.22. The maximum Gasteiger partial charge on any atom is 0.255 e. The number of amides is 1. The van der Waals surface area contributed by atoms with Crippen LogP contribution >= 0.6 is 0 Å². The molecule has 0 aliphatic carbocycles. The summed E-state index contributed by atoms with van der Waals surface area (Å²) in [5.74, 6) is 0.670. The molecule has 0 saturated carbocycles. The third-order valence-corrected chi connectivity index (χ3v) is 4.69. The molecule has 27 heavy (non-hydrogen) atoms. The molecule has 7 heteroatoms. The Morgan fingerprint density at radius 3 is 2.56 bits per heavy atom. The number of aromatic nitrogens is 4. The lowest BCUT2D eigenvalue weighted by Gasteiger charge is -2.14. The molecule has 0 saturated heterocycles. The Morgan fingerprint density at radius 1 is 1.26 bits per heavy atom. The van der Waals surface area contributed by atoms with Gasteiger partial charge in [0.2, 0.25) is 0 Å². The molecule has 1 aromatic carbocycles. The van der Waals surface area contributed by atoms with Crippen molar-refractivity contribution in [3.63, 3.8) is 0 Å². The number of carbonyl (C=O) groups is 1. The Morgan fingerprint density at radius 2 is 1.96 bits per heavy atom. The topological polar surface area (TPSA) is 74.0 Å². The zero-order chi connectivity index (χ0) is 19.6. The minimum atomic E-state index is -0.172. The lowest BCUT2D eigenvalue weighted by atomic mass is 10.1. The van der Waals surface area contributed by atoms with E-state index in [9.17, 15) is 4.79 Å². The maximum absolute atomic E-state index is 12.6. The number of ether oxygens (including phenoxy) is 1. The van der Waals surface area contributed by atoms with Crippen LogP contribution in [0.2, 0.25) is 0 Å². The van der Waals surface area contributed by atoms with Crippen molar-refractivity contribution < 1.29 is 9.53 Å². The predicted octanol–water partition coefficient (Wildman–Crippen LogP) is 3.21. The second-order valence-corrected chi connectivity index (χ2v) is 6.47. The van der Waals surface area contributed by atoms with Crippen LogP contribution < -0.4 is 10.1 Å². The fraction of sp³-hybridized carbons (Fsp3) is 0.350. The van der Waals surface area contributed by atoms with Gasteiger partial charge in [-0.3, -0.25) is 9.48 Å². The summed E-state index contributed by atoms with van der Waals surface area (Å²) >= 11 is 0. The molecule has 142 valence electrons. The van der Waals surface area contributed by atoms with Crippen molar-refractivity contribution in [3.8, 4) is 11.4 Å². The Balaban J connectivity index is 1.78. The van der Waals surface area contributed by atoms with Gasteiger partial charge in [-0.1, -0.05) is 0 Å². The first-order valence-corrected chi connectivity index (χ1v) is 8.98. The first-order valence-electron chi connectivity index (χ1n) is 8.98. The normalized spacial score (nSPS) is 12.0. The van der Waals surface area contributed by atoms with Gasteiger partial charge in [0, 0.05) is 24.0 Å². The smallest absolute Gasteiger partial charge is 0.255 e. The van der Waals surface area contributed by atoms with E-state index in [4.69, 9.17) is 4.74 Å². The lowest BCUT2D eigenvalue weighted by Crippen LogP contribution is -2.27. The number of hydrogen-bond acceptors (Lipinski definition) is 4. The van der Waals surface area contributed by atoms with Crippen LogP contribution in [0.25, 0.3) is 5.69 Å². The van der Waals surface area contributed by atoms with Crippen molar-refractivity contribution in [3.05, 3.63) is 59.2 Å². The Labute approximate surface area is 159 Å². The van der Waals surface area contributed by atoms with Crippen molar-refractivity contribution >= 4 is 5.91 Å². The Kier molecular flexibility index (Phi) is 5.30. The molecule has 1 N–H and O–H groups in total. The van der Waals surface area contributed by atoms with Gasteiger partial charge in [0.25, 0.3) is 5.91 Å². The second-order valence-electron chi connectivity index (χ2n) is 6.47. The zero-order valence-corrected chi connectivity index (χ0v) is 16.4. The van der Waals surface area contributed by atoms with Crippen LogP contribution in [-0.2, 0) is 6.54 Å². The maximum atomic E-state index is 12.6. The van der Waals surface area contributed by atoms with E-state index in [0.29, 0.717) is 5.56 Å². The molecule has 1 atom stereocenters. The molecular formula is C20H25N5O2. The number of benzene rings is 1. The van der Waals surface area contributed by atoms with Crippen LogP contribution in [0.3, 0.4) is 0 Å². The van der Waals surface area contributed by atoms with Crippen LogP contribution in [0.1, 0.15) is 47.2 Å². The molecular weight excluding hydrogens is 342 g/mol. The van der Waals surface area contributed by atoms with Crippen LogP contribution in [0, 0.1) is 13.8 Å². The van der Waals surface area contributed by atoms with E-state index in [1.54, 1.807) is 24.2 Å². The first kappa shape index (κ1) is 18.7. The van der Waals surface area contributed by atoms with E-state index in [-0.39, 0.29) is 11.9 Å². The van der Waals surface area contributed by atoms with Crippen molar-refractivity contribution in [1.29, 1.82) is 0 Å². The molecule has 1 amide bonds. The fourth-order valence-corrected chi connectivity index (χ4v) is 3.09. The summed E-state index contributed by atoms with van der Waals surface area (Å²) in [5.41, 5.74) is 4.22. The van der Waals surface area contributed by atoms with E-state index >= 15 is 0 Å². The summed E-state index contributed by atoms with van der Waals surface area (Å²) in [4.78, 5) is 12.6. The van der Waals surface area contributed by atoms with E-state index in [1.807, 2.05) is 56.6 Å². The third kappa shape index (κ3) is 3.72.